The first-order valence-electron chi connectivity index (χ1n) is 9.35. The number of amides is 1. The Bertz CT molecular complexity index is 826. The fourth-order valence-electron chi connectivity index (χ4n) is 3.67. The number of carbonyl (C=O) groups excluding carboxylic acids is 1. The van der Waals surface area contributed by atoms with E-state index in [-0.39, 0.29) is 5.91 Å². The van der Waals surface area contributed by atoms with Crippen LogP contribution in [0.15, 0.2) is 18.2 Å². The second-order valence-electron chi connectivity index (χ2n) is 7.09. The number of aromatic nitrogens is 2. The highest BCUT2D eigenvalue weighted by Crippen LogP contribution is 2.32. The highest BCUT2D eigenvalue weighted by molar-refractivity contribution is 6.04. The Kier molecular flexibility index (Phi) is 5.00. The molecule has 27 heavy (non-hydrogen) atoms. The number of carbonyl (C=O) groups is 1. The molecule has 0 bridgehead atoms. The highest BCUT2D eigenvalue weighted by Gasteiger charge is 2.22. The van der Waals surface area contributed by atoms with Crippen LogP contribution >= 0.6 is 0 Å². The molecule has 0 unspecified atom stereocenters. The van der Waals surface area contributed by atoms with Crippen LogP contribution in [0, 0.1) is 0 Å². The first kappa shape index (κ1) is 17.8. The van der Waals surface area contributed by atoms with Gasteiger partial charge in [-0.15, -0.1) is 0 Å². The van der Waals surface area contributed by atoms with E-state index >= 15 is 0 Å². The molecule has 4 rings (SSSR count). The number of hydrogen-bond acceptors (Lipinski definition) is 6. The van der Waals surface area contributed by atoms with Crippen LogP contribution in [0.4, 0.5) is 11.4 Å². The van der Waals surface area contributed by atoms with Crippen LogP contribution < -0.4 is 20.3 Å². The molecule has 1 aromatic carbocycles. The maximum Gasteiger partial charge on any atom is 0.276 e. The molecule has 0 saturated carbocycles. The predicted octanol–water partition coefficient (Wildman–Crippen LogP) is 1.07. The molecule has 2 aromatic rings. The van der Waals surface area contributed by atoms with Crippen molar-refractivity contribution in [2.75, 3.05) is 57.1 Å². The van der Waals surface area contributed by atoms with Crippen molar-refractivity contribution in [3.05, 3.63) is 35.2 Å². The average molecular weight is 370 g/mol. The van der Waals surface area contributed by atoms with Crippen molar-refractivity contribution in [3.63, 3.8) is 0 Å². The number of rotatable bonds is 4. The standard InChI is InChI=1S/C19H26N6O2/c1-24-7-9-25(10-8-24)16-4-3-13(11-17(16)27-2)21-19(26)18-14-12-20-6-5-15(14)22-23-18/h3-4,11,20H,5-10,12H2,1-2H3,(H,21,26)(H,22,23). The van der Waals surface area contributed by atoms with Crippen molar-refractivity contribution in [1.29, 1.82) is 0 Å². The molecule has 8 heteroatoms. The van der Waals surface area contributed by atoms with Gasteiger partial charge in [0.1, 0.15) is 5.75 Å². The summed E-state index contributed by atoms with van der Waals surface area (Å²) in [5, 5.41) is 13.4. The van der Waals surface area contributed by atoms with Gasteiger partial charge in [0.15, 0.2) is 5.69 Å². The molecule has 1 saturated heterocycles. The van der Waals surface area contributed by atoms with E-state index in [0.29, 0.717) is 17.9 Å². The third-order valence-electron chi connectivity index (χ3n) is 5.30. The van der Waals surface area contributed by atoms with Crippen LogP contribution in [0.1, 0.15) is 21.7 Å². The number of ether oxygens (including phenoxy) is 1. The van der Waals surface area contributed by atoms with Gasteiger partial charge in [-0.2, -0.15) is 5.10 Å². The van der Waals surface area contributed by atoms with Crippen molar-refractivity contribution in [2.24, 2.45) is 0 Å². The number of H-pyrrole nitrogens is 1. The molecule has 8 nitrogen and oxygen atoms in total. The summed E-state index contributed by atoms with van der Waals surface area (Å²) in [4.78, 5) is 17.3. The van der Waals surface area contributed by atoms with Crippen LogP contribution in [-0.4, -0.2) is 67.9 Å². The van der Waals surface area contributed by atoms with E-state index in [1.807, 2.05) is 18.2 Å². The predicted molar refractivity (Wildman–Crippen MR) is 105 cm³/mol. The van der Waals surface area contributed by atoms with Gasteiger partial charge in [0.2, 0.25) is 0 Å². The SMILES string of the molecule is COc1cc(NC(=O)c2n[nH]c3c2CNCC3)ccc1N1CCN(C)CC1. The summed E-state index contributed by atoms with van der Waals surface area (Å²) in [6.07, 6.45) is 0.864. The fraction of sp³-hybridized carbons (Fsp3) is 0.474. The number of methoxy groups -OCH3 is 1. The molecule has 1 amide bonds. The first-order valence-corrected chi connectivity index (χ1v) is 9.35. The van der Waals surface area contributed by atoms with Gasteiger partial charge >= 0.3 is 0 Å². The topological polar surface area (TPSA) is 85.5 Å². The number of piperazine rings is 1. The Labute approximate surface area is 158 Å². The monoisotopic (exact) mass is 370 g/mol. The van der Waals surface area contributed by atoms with Gasteiger partial charge in [-0.3, -0.25) is 9.89 Å². The van der Waals surface area contributed by atoms with Crippen molar-refractivity contribution in [1.82, 2.24) is 20.4 Å². The van der Waals surface area contributed by atoms with Gasteiger partial charge in [0, 0.05) is 68.7 Å². The Morgan fingerprint density at radius 2 is 2.07 bits per heavy atom. The quantitative estimate of drug-likeness (QED) is 0.747. The largest absolute Gasteiger partial charge is 0.495 e. The smallest absolute Gasteiger partial charge is 0.276 e. The number of fused-ring (bicyclic) bond motifs is 1. The molecule has 0 radical (unpaired) electrons. The number of hydrogen-bond donors (Lipinski definition) is 3. The van der Waals surface area contributed by atoms with E-state index in [0.717, 1.165) is 61.8 Å². The number of nitrogens with one attached hydrogen (secondary N) is 3. The third kappa shape index (κ3) is 3.63. The van der Waals surface area contributed by atoms with E-state index in [4.69, 9.17) is 4.74 Å². The van der Waals surface area contributed by atoms with Crippen molar-refractivity contribution < 1.29 is 9.53 Å². The lowest BCUT2D eigenvalue weighted by Gasteiger charge is -2.34. The number of nitrogens with zero attached hydrogens (tertiary/aromatic N) is 3. The summed E-state index contributed by atoms with van der Waals surface area (Å²) in [7, 11) is 3.80. The molecular formula is C19H26N6O2. The second kappa shape index (κ2) is 7.58. The zero-order valence-electron chi connectivity index (χ0n) is 15.8. The van der Waals surface area contributed by atoms with Crippen molar-refractivity contribution >= 4 is 17.3 Å². The van der Waals surface area contributed by atoms with E-state index in [1.54, 1.807) is 7.11 Å². The Morgan fingerprint density at radius 3 is 2.85 bits per heavy atom. The second-order valence-corrected chi connectivity index (χ2v) is 7.09. The third-order valence-corrected chi connectivity index (χ3v) is 5.30. The summed E-state index contributed by atoms with van der Waals surface area (Å²) in [5.41, 5.74) is 4.22. The number of benzene rings is 1. The van der Waals surface area contributed by atoms with E-state index in [2.05, 4.69) is 37.7 Å². The number of anilines is 2. The molecular weight excluding hydrogens is 344 g/mol. The van der Waals surface area contributed by atoms with E-state index < -0.39 is 0 Å². The number of likely N-dealkylation sites (N-methyl/N-ethyl adjacent to an activating group) is 1. The summed E-state index contributed by atoms with van der Waals surface area (Å²) >= 11 is 0. The van der Waals surface area contributed by atoms with Gasteiger partial charge in [-0.1, -0.05) is 0 Å². The number of aromatic amines is 1. The van der Waals surface area contributed by atoms with Crippen molar-refractivity contribution in [3.8, 4) is 5.75 Å². The first-order chi connectivity index (χ1) is 13.2. The Hall–Kier alpha value is -2.58. The Morgan fingerprint density at radius 1 is 1.26 bits per heavy atom. The van der Waals surface area contributed by atoms with Crippen LogP contribution in [0.25, 0.3) is 0 Å². The lowest BCUT2D eigenvalue weighted by molar-refractivity contribution is 0.102. The molecule has 2 aliphatic rings. The van der Waals surface area contributed by atoms with Gasteiger partial charge < -0.3 is 25.2 Å². The van der Waals surface area contributed by atoms with Crippen LogP contribution in [0.3, 0.4) is 0 Å². The molecule has 2 aliphatic heterocycles. The zero-order valence-corrected chi connectivity index (χ0v) is 15.8. The molecule has 0 aliphatic carbocycles. The molecule has 0 atom stereocenters. The van der Waals surface area contributed by atoms with E-state index in [1.165, 1.54) is 0 Å². The molecule has 1 aromatic heterocycles. The zero-order chi connectivity index (χ0) is 18.8. The Balaban J connectivity index is 1.51. The summed E-state index contributed by atoms with van der Waals surface area (Å²) in [6, 6.07) is 5.82. The van der Waals surface area contributed by atoms with E-state index in [9.17, 15) is 4.79 Å². The molecule has 144 valence electrons. The summed E-state index contributed by atoms with van der Waals surface area (Å²) < 4.78 is 5.59. The molecule has 1 fully saturated rings. The molecule has 3 N–H and O–H groups in total. The normalized spacial score (nSPS) is 17.5. The molecule has 0 spiro atoms. The maximum atomic E-state index is 12.7. The highest BCUT2D eigenvalue weighted by atomic mass is 16.5. The minimum Gasteiger partial charge on any atom is -0.495 e. The van der Waals surface area contributed by atoms with Gasteiger partial charge in [0.05, 0.1) is 12.8 Å². The fourth-order valence-corrected chi connectivity index (χ4v) is 3.67. The minimum absolute atomic E-state index is 0.203. The maximum absolute atomic E-state index is 12.7. The van der Waals surface area contributed by atoms with Gasteiger partial charge in [-0.05, 0) is 19.2 Å². The molecule has 3 heterocycles. The summed E-state index contributed by atoms with van der Waals surface area (Å²) in [6.45, 7) is 5.55. The van der Waals surface area contributed by atoms with Crippen LogP contribution in [0.2, 0.25) is 0 Å². The summed E-state index contributed by atoms with van der Waals surface area (Å²) in [5.74, 6) is 0.564. The minimum atomic E-state index is -0.203. The lowest BCUT2D eigenvalue weighted by Crippen LogP contribution is -2.44. The average Bonchev–Trinajstić information content (AvgIpc) is 3.13. The van der Waals surface area contributed by atoms with Crippen LogP contribution in [-0.2, 0) is 13.0 Å². The lowest BCUT2D eigenvalue weighted by atomic mass is 10.1. The van der Waals surface area contributed by atoms with Gasteiger partial charge in [0.25, 0.3) is 5.91 Å². The van der Waals surface area contributed by atoms with Crippen LogP contribution in [0.5, 0.6) is 5.75 Å². The van der Waals surface area contributed by atoms with Gasteiger partial charge in [-0.25, -0.2) is 0 Å². The van der Waals surface area contributed by atoms with Crippen molar-refractivity contribution in [2.45, 2.75) is 13.0 Å².